The van der Waals surface area contributed by atoms with Crippen molar-refractivity contribution in [3.05, 3.63) is 24.3 Å². The van der Waals surface area contributed by atoms with E-state index >= 15 is 0 Å². The van der Waals surface area contributed by atoms with Crippen molar-refractivity contribution >= 4 is 11.4 Å². The molecule has 0 atom stereocenters. The van der Waals surface area contributed by atoms with E-state index in [1.165, 1.54) is 38.0 Å². The first-order chi connectivity index (χ1) is 8.40. The molecule has 3 heteroatoms. The molecule has 1 N–H and O–H groups in total. The fraction of sp³-hybridized carbons (Fsp3) is 0.571. The molecule has 1 fully saturated rings. The van der Waals surface area contributed by atoms with E-state index in [1.807, 2.05) is 0 Å². The van der Waals surface area contributed by atoms with E-state index in [1.54, 1.807) is 0 Å². The van der Waals surface area contributed by atoms with E-state index in [2.05, 4.69) is 34.5 Å². The van der Waals surface area contributed by atoms with Gasteiger partial charge >= 0.3 is 0 Å². The quantitative estimate of drug-likeness (QED) is 0.788. The number of halogens is 1. The van der Waals surface area contributed by atoms with Crippen LogP contribution in [0.2, 0.25) is 0 Å². The van der Waals surface area contributed by atoms with E-state index < -0.39 is 0 Å². The zero-order valence-electron chi connectivity index (χ0n) is 10.3. The van der Waals surface area contributed by atoms with Crippen LogP contribution >= 0.6 is 0 Å². The summed E-state index contributed by atoms with van der Waals surface area (Å²) in [6.07, 6.45) is 4.54. The molecular formula is C14H21FN2. The lowest BCUT2D eigenvalue weighted by Gasteiger charge is -2.28. The van der Waals surface area contributed by atoms with Crippen LogP contribution in [0.3, 0.4) is 0 Å². The highest BCUT2D eigenvalue weighted by molar-refractivity contribution is 5.55. The largest absolute Gasteiger partial charge is 0.385 e. The van der Waals surface area contributed by atoms with Crippen LogP contribution in [0.5, 0.6) is 0 Å². The van der Waals surface area contributed by atoms with Crippen molar-refractivity contribution in [2.24, 2.45) is 0 Å². The smallest absolute Gasteiger partial charge is 0.0911 e. The first kappa shape index (κ1) is 12.2. The van der Waals surface area contributed by atoms with Gasteiger partial charge in [0.25, 0.3) is 0 Å². The zero-order valence-corrected chi connectivity index (χ0v) is 10.3. The summed E-state index contributed by atoms with van der Waals surface area (Å²) in [4.78, 5) is 2.44. The number of nitrogens with zero attached hydrogens (tertiary/aromatic N) is 1. The Bertz CT molecular complexity index is 317. The first-order valence-electron chi connectivity index (χ1n) is 6.55. The summed E-state index contributed by atoms with van der Waals surface area (Å²) in [5.41, 5.74) is 2.39. The summed E-state index contributed by atoms with van der Waals surface area (Å²) in [6, 6.07) is 8.48. The minimum absolute atomic E-state index is 0.251. The second-order valence-corrected chi connectivity index (χ2v) is 4.56. The predicted octanol–water partition coefficient (Wildman–Crippen LogP) is 3.45. The molecule has 17 heavy (non-hydrogen) atoms. The van der Waals surface area contributed by atoms with Crippen molar-refractivity contribution in [1.82, 2.24) is 0 Å². The molecule has 0 aromatic heterocycles. The Balaban J connectivity index is 1.88. The van der Waals surface area contributed by atoms with Gasteiger partial charge in [-0.2, -0.15) is 0 Å². The lowest BCUT2D eigenvalue weighted by atomic mass is 10.1. The molecule has 0 radical (unpaired) electrons. The predicted molar refractivity (Wildman–Crippen MR) is 71.6 cm³/mol. The van der Waals surface area contributed by atoms with Gasteiger partial charge in [-0.3, -0.25) is 4.39 Å². The van der Waals surface area contributed by atoms with Gasteiger partial charge in [0.1, 0.15) is 0 Å². The average molecular weight is 236 g/mol. The molecule has 1 saturated heterocycles. The van der Waals surface area contributed by atoms with Gasteiger partial charge in [0.05, 0.1) is 6.67 Å². The number of nitrogens with one attached hydrogen (secondary N) is 1. The van der Waals surface area contributed by atoms with Gasteiger partial charge in [0.2, 0.25) is 0 Å². The molecular weight excluding hydrogens is 215 g/mol. The standard InChI is InChI=1S/C14H21FN2/c15-9-4-10-16-13-5-7-14(8-6-13)17-11-2-1-3-12-17/h5-8,16H,1-4,9-12H2. The Morgan fingerprint density at radius 2 is 1.76 bits per heavy atom. The summed E-state index contributed by atoms with van der Waals surface area (Å²) in [6.45, 7) is 2.81. The topological polar surface area (TPSA) is 15.3 Å². The molecule has 0 spiro atoms. The van der Waals surface area contributed by atoms with E-state index in [9.17, 15) is 4.39 Å². The van der Waals surface area contributed by atoms with E-state index in [0.29, 0.717) is 13.0 Å². The highest BCUT2D eigenvalue weighted by atomic mass is 19.1. The number of anilines is 2. The van der Waals surface area contributed by atoms with Crippen molar-refractivity contribution in [3.8, 4) is 0 Å². The lowest BCUT2D eigenvalue weighted by Crippen LogP contribution is -2.29. The van der Waals surface area contributed by atoms with Gasteiger partial charge in [-0.05, 0) is 49.9 Å². The van der Waals surface area contributed by atoms with Gasteiger partial charge in [-0.1, -0.05) is 0 Å². The maximum absolute atomic E-state index is 12.0. The van der Waals surface area contributed by atoms with Crippen LogP contribution in [0, 0.1) is 0 Å². The third-order valence-corrected chi connectivity index (χ3v) is 3.23. The van der Waals surface area contributed by atoms with Crippen molar-refractivity contribution in [3.63, 3.8) is 0 Å². The molecule has 94 valence electrons. The van der Waals surface area contributed by atoms with Gasteiger partial charge in [-0.25, -0.2) is 0 Å². The van der Waals surface area contributed by atoms with E-state index in [0.717, 1.165) is 5.69 Å². The number of piperidine rings is 1. The van der Waals surface area contributed by atoms with Crippen molar-refractivity contribution in [2.45, 2.75) is 25.7 Å². The lowest BCUT2D eigenvalue weighted by molar-refractivity contribution is 0.481. The van der Waals surface area contributed by atoms with Crippen LogP contribution < -0.4 is 10.2 Å². The third-order valence-electron chi connectivity index (χ3n) is 3.23. The van der Waals surface area contributed by atoms with Gasteiger partial charge < -0.3 is 10.2 Å². The monoisotopic (exact) mass is 236 g/mol. The maximum atomic E-state index is 12.0. The van der Waals surface area contributed by atoms with Gasteiger partial charge in [0.15, 0.2) is 0 Å². The maximum Gasteiger partial charge on any atom is 0.0911 e. The van der Waals surface area contributed by atoms with E-state index in [-0.39, 0.29) is 6.67 Å². The number of benzene rings is 1. The number of hydrogen-bond donors (Lipinski definition) is 1. The van der Waals surface area contributed by atoms with E-state index in [4.69, 9.17) is 0 Å². The fourth-order valence-electron chi connectivity index (χ4n) is 2.24. The molecule has 1 aliphatic heterocycles. The molecule has 1 heterocycles. The molecule has 2 nitrogen and oxygen atoms in total. The van der Waals surface area contributed by atoms with Crippen LogP contribution in [-0.2, 0) is 0 Å². The fourth-order valence-corrected chi connectivity index (χ4v) is 2.24. The minimum atomic E-state index is -0.251. The zero-order chi connectivity index (χ0) is 11.9. The van der Waals surface area contributed by atoms with Gasteiger partial charge in [0, 0.05) is 31.0 Å². The molecule has 2 rings (SSSR count). The number of rotatable bonds is 5. The van der Waals surface area contributed by atoms with Crippen LogP contribution in [0.15, 0.2) is 24.3 Å². The highest BCUT2D eigenvalue weighted by Crippen LogP contribution is 2.21. The number of hydrogen-bond acceptors (Lipinski definition) is 2. The molecule has 0 unspecified atom stereocenters. The molecule has 0 saturated carbocycles. The molecule has 1 aromatic rings. The van der Waals surface area contributed by atoms with Crippen LogP contribution in [-0.4, -0.2) is 26.3 Å². The Morgan fingerprint density at radius 1 is 1.06 bits per heavy atom. The Labute approximate surface area is 103 Å². The summed E-state index contributed by atoms with van der Waals surface area (Å²) in [5.74, 6) is 0. The molecule has 1 aliphatic rings. The minimum Gasteiger partial charge on any atom is -0.385 e. The average Bonchev–Trinajstić information content (AvgIpc) is 2.41. The van der Waals surface area contributed by atoms with Crippen LogP contribution in [0.4, 0.5) is 15.8 Å². The summed E-state index contributed by atoms with van der Waals surface area (Å²) in [5, 5.41) is 3.22. The second kappa shape index (κ2) is 6.48. The summed E-state index contributed by atoms with van der Waals surface area (Å²) in [7, 11) is 0. The summed E-state index contributed by atoms with van der Waals surface area (Å²) >= 11 is 0. The molecule has 0 amide bonds. The molecule has 1 aromatic carbocycles. The first-order valence-corrected chi connectivity index (χ1v) is 6.55. The molecule has 0 aliphatic carbocycles. The van der Waals surface area contributed by atoms with Crippen molar-refractivity contribution < 1.29 is 4.39 Å². The van der Waals surface area contributed by atoms with Crippen molar-refractivity contribution in [1.29, 1.82) is 0 Å². The summed E-state index contributed by atoms with van der Waals surface area (Å²) < 4.78 is 12.0. The SMILES string of the molecule is FCCCNc1ccc(N2CCCCC2)cc1. The van der Waals surface area contributed by atoms with Crippen molar-refractivity contribution in [2.75, 3.05) is 36.5 Å². The highest BCUT2D eigenvalue weighted by Gasteiger charge is 2.10. The Hall–Kier alpha value is -1.25. The third kappa shape index (κ3) is 3.62. The van der Waals surface area contributed by atoms with Gasteiger partial charge in [-0.15, -0.1) is 0 Å². The molecule has 0 bridgehead atoms. The number of alkyl halides is 1. The normalized spacial score (nSPS) is 15.9. The Morgan fingerprint density at radius 3 is 2.41 bits per heavy atom. The van der Waals surface area contributed by atoms with Crippen LogP contribution in [0.1, 0.15) is 25.7 Å². The second-order valence-electron chi connectivity index (χ2n) is 4.56. The van der Waals surface area contributed by atoms with Crippen LogP contribution in [0.25, 0.3) is 0 Å². The Kier molecular flexibility index (Phi) is 4.65.